The smallest absolute Gasteiger partial charge is 0.337 e. The van der Waals surface area contributed by atoms with Gasteiger partial charge in [-0.3, -0.25) is 4.79 Å². The summed E-state index contributed by atoms with van der Waals surface area (Å²) in [7, 11) is 1.32. The van der Waals surface area contributed by atoms with E-state index in [2.05, 4.69) is 0 Å². The van der Waals surface area contributed by atoms with Crippen molar-refractivity contribution in [3.05, 3.63) is 137 Å². The summed E-state index contributed by atoms with van der Waals surface area (Å²) in [4.78, 5) is 27.6. The fourth-order valence-electron chi connectivity index (χ4n) is 4.49. The van der Waals surface area contributed by atoms with Crippen molar-refractivity contribution in [2.75, 3.05) is 12.0 Å². The second kappa shape index (κ2) is 9.58. The largest absolute Gasteiger partial charge is 0.465 e. The zero-order valence-electron chi connectivity index (χ0n) is 19.4. The summed E-state index contributed by atoms with van der Waals surface area (Å²) in [5.41, 5.74) is 4.52. The molecule has 1 amide bonds. The molecule has 4 nitrogen and oxygen atoms in total. The number of nitrogens with zero attached hydrogens (tertiary/aromatic N) is 1. The van der Waals surface area contributed by atoms with E-state index in [1.165, 1.54) is 13.2 Å². The lowest BCUT2D eigenvalue weighted by atomic mass is 9.90. The van der Waals surface area contributed by atoms with Gasteiger partial charge in [0.1, 0.15) is 0 Å². The standard InChI is InChI=1S/C30H21F2NO3/c1-36-30(35)22-11-7-8-19(16-22)18-33-26-13-6-5-12-23(26)28(29(33)34)27(20-9-3-2-4-10-20)21-14-15-24(31)25(32)17-21/h2-17H,18H2,1H3. The van der Waals surface area contributed by atoms with Crippen LogP contribution < -0.4 is 4.90 Å². The summed E-state index contributed by atoms with van der Waals surface area (Å²) in [5, 5.41) is 0. The highest BCUT2D eigenvalue weighted by Gasteiger charge is 2.35. The fourth-order valence-corrected chi connectivity index (χ4v) is 4.49. The Morgan fingerprint density at radius 2 is 1.50 bits per heavy atom. The van der Waals surface area contributed by atoms with Gasteiger partial charge in [0.25, 0.3) is 5.91 Å². The molecule has 0 saturated heterocycles. The number of fused-ring (bicyclic) bond motifs is 1. The van der Waals surface area contributed by atoms with Crippen molar-refractivity contribution in [2.24, 2.45) is 0 Å². The normalized spacial score (nSPS) is 14.0. The van der Waals surface area contributed by atoms with E-state index in [1.54, 1.807) is 23.1 Å². The Bertz CT molecular complexity index is 1510. The lowest BCUT2D eigenvalue weighted by molar-refractivity contribution is -0.113. The number of ether oxygens (including phenoxy) is 1. The Hall–Kier alpha value is -4.58. The second-order valence-corrected chi connectivity index (χ2v) is 8.35. The van der Waals surface area contributed by atoms with Crippen LogP contribution in [0.25, 0.3) is 11.1 Å². The number of rotatable bonds is 5. The first-order valence-electron chi connectivity index (χ1n) is 11.3. The number of benzene rings is 4. The number of para-hydroxylation sites is 1. The molecule has 1 heterocycles. The Labute approximate surface area is 207 Å². The molecule has 0 unspecified atom stereocenters. The predicted octanol–water partition coefficient (Wildman–Crippen LogP) is 6.26. The summed E-state index contributed by atoms with van der Waals surface area (Å²) in [5.74, 6) is -2.68. The van der Waals surface area contributed by atoms with E-state index in [1.807, 2.05) is 60.7 Å². The first-order chi connectivity index (χ1) is 17.5. The van der Waals surface area contributed by atoms with Crippen LogP contribution in [0.15, 0.2) is 97.1 Å². The van der Waals surface area contributed by atoms with Gasteiger partial charge in [-0.1, -0.05) is 66.7 Å². The number of anilines is 1. The number of hydrogen-bond acceptors (Lipinski definition) is 3. The molecular formula is C30H21F2NO3. The minimum absolute atomic E-state index is 0.212. The maximum Gasteiger partial charge on any atom is 0.337 e. The molecular weight excluding hydrogens is 460 g/mol. The summed E-state index contributed by atoms with van der Waals surface area (Å²) in [6.45, 7) is 0.212. The van der Waals surface area contributed by atoms with Gasteiger partial charge in [-0.15, -0.1) is 0 Å². The minimum Gasteiger partial charge on any atom is -0.465 e. The van der Waals surface area contributed by atoms with Crippen molar-refractivity contribution in [1.29, 1.82) is 0 Å². The van der Waals surface area contributed by atoms with Gasteiger partial charge in [-0.2, -0.15) is 0 Å². The van der Waals surface area contributed by atoms with Crippen molar-refractivity contribution >= 4 is 28.7 Å². The zero-order chi connectivity index (χ0) is 25.2. The number of methoxy groups -OCH3 is 1. The Morgan fingerprint density at radius 1 is 0.778 bits per heavy atom. The first-order valence-corrected chi connectivity index (χ1v) is 11.3. The molecule has 0 atom stereocenters. The number of carbonyl (C=O) groups is 2. The molecule has 0 aliphatic carbocycles. The maximum atomic E-state index is 14.3. The number of esters is 1. The quantitative estimate of drug-likeness (QED) is 0.250. The van der Waals surface area contributed by atoms with E-state index < -0.39 is 17.6 Å². The molecule has 36 heavy (non-hydrogen) atoms. The van der Waals surface area contributed by atoms with Crippen molar-refractivity contribution < 1.29 is 23.1 Å². The van der Waals surface area contributed by atoms with Crippen LogP contribution >= 0.6 is 0 Å². The van der Waals surface area contributed by atoms with Gasteiger partial charge in [0, 0.05) is 11.1 Å². The average Bonchev–Trinajstić information content (AvgIpc) is 3.18. The summed E-state index contributed by atoms with van der Waals surface area (Å²) in [6, 6.07) is 27.1. The molecule has 0 spiro atoms. The van der Waals surface area contributed by atoms with Gasteiger partial charge in [-0.05, 0) is 47.0 Å². The number of amides is 1. The zero-order valence-corrected chi connectivity index (χ0v) is 19.4. The monoisotopic (exact) mass is 481 g/mol. The van der Waals surface area contributed by atoms with Gasteiger partial charge < -0.3 is 9.64 Å². The molecule has 4 aromatic rings. The predicted molar refractivity (Wildman–Crippen MR) is 134 cm³/mol. The third-order valence-corrected chi connectivity index (χ3v) is 6.13. The molecule has 178 valence electrons. The molecule has 0 aromatic heterocycles. The van der Waals surface area contributed by atoms with Crippen molar-refractivity contribution in [2.45, 2.75) is 6.54 Å². The van der Waals surface area contributed by atoms with Crippen LogP contribution in [0.2, 0.25) is 0 Å². The van der Waals surface area contributed by atoms with Crippen LogP contribution in [0.1, 0.15) is 32.6 Å². The van der Waals surface area contributed by atoms with Gasteiger partial charge in [0.15, 0.2) is 11.6 Å². The third kappa shape index (κ3) is 4.18. The van der Waals surface area contributed by atoms with Crippen LogP contribution in [0.4, 0.5) is 14.5 Å². The van der Waals surface area contributed by atoms with Crippen LogP contribution in [0.3, 0.4) is 0 Å². The average molecular weight is 481 g/mol. The number of hydrogen-bond donors (Lipinski definition) is 0. The molecule has 0 bridgehead atoms. The van der Waals surface area contributed by atoms with Gasteiger partial charge >= 0.3 is 5.97 Å². The molecule has 1 aliphatic heterocycles. The lowest BCUT2D eigenvalue weighted by Gasteiger charge is -2.18. The summed E-state index contributed by atoms with van der Waals surface area (Å²) in [6.07, 6.45) is 0. The Balaban J connectivity index is 1.68. The van der Waals surface area contributed by atoms with Crippen molar-refractivity contribution in [3.63, 3.8) is 0 Å². The molecule has 0 fully saturated rings. The second-order valence-electron chi connectivity index (χ2n) is 8.35. The Morgan fingerprint density at radius 3 is 2.25 bits per heavy atom. The van der Waals surface area contributed by atoms with E-state index in [0.29, 0.717) is 39.1 Å². The SMILES string of the molecule is COC(=O)c1cccc(CN2C(=O)C(=C(c3ccccc3)c3ccc(F)c(F)c3)c3ccccc32)c1. The van der Waals surface area contributed by atoms with Crippen LogP contribution in [0.5, 0.6) is 0 Å². The highest BCUT2D eigenvalue weighted by atomic mass is 19.2. The topological polar surface area (TPSA) is 46.6 Å². The van der Waals surface area contributed by atoms with Crippen LogP contribution in [0, 0.1) is 11.6 Å². The summed E-state index contributed by atoms with van der Waals surface area (Å²) < 4.78 is 32.9. The minimum atomic E-state index is -0.989. The van der Waals surface area contributed by atoms with Crippen molar-refractivity contribution in [3.8, 4) is 0 Å². The summed E-state index contributed by atoms with van der Waals surface area (Å²) >= 11 is 0. The van der Waals surface area contributed by atoms with E-state index in [9.17, 15) is 18.4 Å². The van der Waals surface area contributed by atoms with Crippen LogP contribution in [-0.2, 0) is 16.1 Å². The van der Waals surface area contributed by atoms with Gasteiger partial charge in [-0.25, -0.2) is 13.6 Å². The van der Waals surface area contributed by atoms with Gasteiger partial charge in [0.2, 0.25) is 0 Å². The molecule has 0 N–H and O–H groups in total. The first kappa shape index (κ1) is 23.2. The molecule has 0 saturated carbocycles. The van der Waals surface area contributed by atoms with Gasteiger partial charge in [0.05, 0.1) is 30.5 Å². The maximum absolute atomic E-state index is 14.3. The molecule has 0 radical (unpaired) electrons. The lowest BCUT2D eigenvalue weighted by Crippen LogP contribution is -2.26. The number of halogens is 2. The van der Waals surface area contributed by atoms with Crippen LogP contribution in [-0.4, -0.2) is 19.0 Å². The Kier molecular flexibility index (Phi) is 6.17. The molecule has 5 rings (SSSR count). The van der Waals surface area contributed by atoms with E-state index in [-0.39, 0.29) is 12.5 Å². The van der Waals surface area contributed by atoms with Crippen molar-refractivity contribution in [1.82, 2.24) is 0 Å². The third-order valence-electron chi connectivity index (χ3n) is 6.13. The number of carbonyl (C=O) groups excluding carboxylic acids is 2. The molecule has 6 heteroatoms. The highest BCUT2D eigenvalue weighted by Crippen LogP contribution is 2.43. The fraction of sp³-hybridized carbons (Fsp3) is 0.0667. The highest BCUT2D eigenvalue weighted by molar-refractivity contribution is 6.38. The molecule has 1 aliphatic rings. The molecule has 4 aromatic carbocycles. The van der Waals surface area contributed by atoms with E-state index in [4.69, 9.17) is 4.74 Å². The van der Waals surface area contributed by atoms with E-state index >= 15 is 0 Å². The van der Waals surface area contributed by atoms with E-state index in [0.717, 1.165) is 17.7 Å².